The molecule has 0 saturated carbocycles. The summed E-state index contributed by atoms with van der Waals surface area (Å²) in [4.78, 5) is 24.9. The van der Waals surface area contributed by atoms with E-state index >= 15 is 0 Å². The second-order valence-electron chi connectivity index (χ2n) is 5.85. The van der Waals surface area contributed by atoms with E-state index < -0.39 is 5.60 Å². The van der Waals surface area contributed by atoms with E-state index in [0.717, 1.165) is 6.42 Å². The van der Waals surface area contributed by atoms with Crippen molar-refractivity contribution in [2.75, 3.05) is 13.1 Å². The summed E-state index contributed by atoms with van der Waals surface area (Å²) in [5.74, 6) is 0.356. The van der Waals surface area contributed by atoms with Crippen LogP contribution in [0.15, 0.2) is 0 Å². The van der Waals surface area contributed by atoms with Crippen LogP contribution >= 0.6 is 0 Å². The molecule has 2 rings (SSSR count). The number of carbonyl (C=O) groups excluding carboxylic acids is 2. The van der Waals surface area contributed by atoms with Gasteiger partial charge in [-0.05, 0) is 27.2 Å². The van der Waals surface area contributed by atoms with Gasteiger partial charge in [-0.3, -0.25) is 4.79 Å². The molecule has 17 heavy (non-hydrogen) atoms. The van der Waals surface area contributed by atoms with Crippen molar-refractivity contribution in [3.05, 3.63) is 0 Å². The van der Waals surface area contributed by atoms with Gasteiger partial charge in [0.25, 0.3) is 0 Å². The second kappa shape index (κ2) is 4.20. The van der Waals surface area contributed by atoms with Gasteiger partial charge in [0.05, 0.1) is 0 Å². The number of nitrogens with one attached hydrogen (secondary N) is 1. The summed E-state index contributed by atoms with van der Waals surface area (Å²) < 4.78 is 5.33. The summed E-state index contributed by atoms with van der Waals surface area (Å²) in [6, 6.07) is 0.251. The molecule has 2 aliphatic heterocycles. The predicted octanol–water partition coefficient (Wildman–Crippen LogP) is 1.13. The van der Waals surface area contributed by atoms with E-state index in [1.54, 1.807) is 4.90 Å². The maximum absolute atomic E-state index is 11.9. The first-order valence-corrected chi connectivity index (χ1v) is 6.12. The molecule has 0 spiro atoms. The lowest BCUT2D eigenvalue weighted by Crippen LogP contribution is -2.48. The molecule has 0 aromatic rings. The number of fused-ring (bicyclic) bond motifs is 1. The van der Waals surface area contributed by atoms with Gasteiger partial charge in [0.2, 0.25) is 5.91 Å². The van der Waals surface area contributed by atoms with Gasteiger partial charge in [-0.25, -0.2) is 4.79 Å². The third kappa shape index (κ3) is 2.90. The number of piperidine rings is 1. The van der Waals surface area contributed by atoms with Crippen LogP contribution in [0.1, 0.15) is 33.6 Å². The minimum atomic E-state index is -0.461. The Morgan fingerprint density at radius 3 is 2.82 bits per heavy atom. The zero-order valence-electron chi connectivity index (χ0n) is 10.7. The van der Waals surface area contributed by atoms with E-state index in [0.29, 0.717) is 19.5 Å². The van der Waals surface area contributed by atoms with Gasteiger partial charge in [-0.15, -0.1) is 0 Å². The number of hydrogen-bond donors (Lipinski definition) is 1. The van der Waals surface area contributed by atoms with Crippen molar-refractivity contribution >= 4 is 12.0 Å². The Bertz CT molecular complexity index is 335. The van der Waals surface area contributed by atoms with Crippen LogP contribution in [0.3, 0.4) is 0 Å². The SMILES string of the molecule is CC(C)(C)OC(=O)N1CC[C@@H]2NC(=O)C[C@H]2C1. The number of likely N-dealkylation sites (tertiary alicyclic amines) is 1. The van der Waals surface area contributed by atoms with Crippen LogP contribution in [0.25, 0.3) is 0 Å². The average molecular weight is 240 g/mol. The zero-order valence-corrected chi connectivity index (χ0v) is 10.7. The molecule has 2 fully saturated rings. The van der Waals surface area contributed by atoms with Crippen LogP contribution in [0.4, 0.5) is 4.79 Å². The summed E-state index contributed by atoms with van der Waals surface area (Å²) >= 11 is 0. The third-order valence-electron chi connectivity index (χ3n) is 3.18. The molecule has 2 aliphatic rings. The second-order valence-corrected chi connectivity index (χ2v) is 5.85. The summed E-state index contributed by atoms with van der Waals surface area (Å²) in [6.45, 7) is 6.86. The highest BCUT2D eigenvalue weighted by Gasteiger charge is 2.39. The van der Waals surface area contributed by atoms with Gasteiger partial charge in [0, 0.05) is 31.5 Å². The molecule has 0 unspecified atom stereocenters. The molecule has 0 radical (unpaired) electrons. The minimum absolute atomic E-state index is 0.103. The predicted molar refractivity (Wildman–Crippen MR) is 62.5 cm³/mol. The van der Waals surface area contributed by atoms with Crippen molar-refractivity contribution in [2.45, 2.75) is 45.3 Å². The molecule has 2 saturated heterocycles. The molecule has 1 N–H and O–H groups in total. The number of amides is 2. The average Bonchev–Trinajstić information content (AvgIpc) is 2.53. The van der Waals surface area contributed by atoms with E-state index in [4.69, 9.17) is 4.74 Å². The summed E-state index contributed by atoms with van der Waals surface area (Å²) in [5, 5.41) is 2.95. The molecule has 2 heterocycles. The molecule has 96 valence electrons. The smallest absolute Gasteiger partial charge is 0.410 e. The lowest BCUT2D eigenvalue weighted by Gasteiger charge is -2.35. The van der Waals surface area contributed by atoms with Crippen LogP contribution in [0.2, 0.25) is 0 Å². The Balaban J connectivity index is 1.92. The Hall–Kier alpha value is -1.26. The van der Waals surface area contributed by atoms with Gasteiger partial charge in [0.1, 0.15) is 5.60 Å². The minimum Gasteiger partial charge on any atom is -0.444 e. The molecule has 5 nitrogen and oxygen atoms in total. The third-order valence-corrected chi connectivity index (χ3v) is 3.18. The molecule has 0 aliphatic carbocycles. The fourth-order valence-corrected chi connectivity index (χ4v) is 2.43. The maximum atomic E-state index is 11.9. The van der Waals surface area contributed by atoms with E-state index in [2.05, 4.69) is 5.32 Å². The molecule has 2 atom stereocenters. The molecule has 5 heteroatoms. The van der Waals surface area contributed by atoms with Crippen LogP contribution in [0, 0.1) is 5.92 Å². The summed E-state index contributed by atoms with van der Waals surface area (Å²) in [7, 11) is 0. The van der Waals surface area contributed by atoms with Crippen LogP contribution in [0.5, 0.6) is 0 Å². The van der Waals surface area contributed by atoms with Crippen molar-refractivity contribution in [1.82, 2.24) is 10.2 Å². The first-order chi connectivity index (χ1) is 7.85. The van der Waals surface area contributed by atoms with Crippen molar-refractivity contribution in [1.29, 1.82) is 0 Å². The highest BCUT2D eigenvalue weighted by molar-refractivity contribution is 5.79. The largest absolute Gasteiger partial charge is 0.444 e. The van der Waals surface area contributed by atoms with Gasteiger partial charge in [0.15, 0.2) is 0 Å². The van der Waals surface area contributed by atoms with Crippen molar-refractivity contribution in [3.63, 3.8) is 0 Å². The van der Waals surface area contributed by atoms with E-state index in [9.17, 15) is 9.59 Å². The summed E-state index contributed by atoms with van der Waals surface area (Å²) in [6.07, 6.45) is 1.09. The number of hydrogen-bond acceptors (Lipinski definition) is 3. The zero-order chi connectivity index (χ0) is 12.6. The van der Waals surface area contributed by atoms with E-state index in [1.165, 1.54) is 0 Å². The fourth-order valence-electron chi connectivity index (χ4n) is 2.43. The first-order valence-electron chi connectivity index (χ1n) is 6.12. The molecule has 0 bridgehead atoms. The standard InChI is InChI=1S/C12H20N2O3/c1-12(2,3)17-11(16)14-5-4-9-8(7-14)6-10(15)13-9/h8-9H,4-7H2,1-3H3,(H,13,15)/t8-,9-/m0/s1. The lowest BCUT2D eigenvalue weighted by atomic mass is 9.93. The number of ether oxygens (including phenoxy) is 1. The molecular weight excluding hydrogens is 220 g/mol. The Morgan fingerprint density at radius 1 is 1.47 bits per heavy atom. The van der Waals surface area contributed by atoms with Crippen molar-refractivity contribution in [3.8, 4) is 0 Å². The maximum Gasteiger partial charge on any atom is 0.410 e. The highest BCUT2D eigenvalue weighted by Crippen LogP contribution is 2.26. The molecule has 2 amide bonds. The molecular formula is C12H20N2O3. The topological polar surface area (TPSA) is 58.6 Å². The molecule has 0 aromatic carbocycles. The summed E-state index contributed by atoms with van der Waals surface area (Å²) in [5.41, 5.74) is -0.461. The van der Waals surface area contributed by atoms with Crippen LogP contribution < -0.4 is 5.32 Å². The first kappa shape index (κ1) is 12.2. The number of nitrogens with zero attached hydrogens (tertiary/aromatic N) is 1. The van der Waals surface area contributed by atoms with Crippen molar-refractivity contribution in [2.24, 2.45) is 5.92 Å². The number of carbonyl (C=O) groups is 2. The van der Waals surface area contributed by atoms with E-state index in [-0.39, 0.29) is 24.0 Å². The quantitative estimate of drug-likeness (QED) is 0.690. The molecule has 0 aromatic heterocycles. The van der Waals surface area contributed by atoms with Gasteiger partial charge >= 0.3 is 6.09 Å². The van der Waals surface area contributed by atoms with Crippen LogP contribution in [-0.4, -0.2) is 41.6 Å². The van der Waals surface area contributed by atoms with Gasteiger partial charge in [-0.1, -0.05) is 0 Å². The fraction of sp³-hybridized carbons (Fsp3) is 0.833. The Labute approximate surface area is 101 Å². The monoisotopic (exact) mass is 240 g/mol. The van der Waals surface area contributed by atoms with Crippen LogP contribution in [-0.2, 0) is 9.53 Å². The lowest BCUT2D eigenvalue weighted by molar-refractivity contribution is -0.119. The normalized spacial score (nSPS) is 28.6. The Kier molecular flexibility index (Phi) is 3.02. The van der Waals surface area contributed by atoms with Gasteiger partial charge in [-0.2, -0.15) is 0 Å². The highest BCUT2D eigenvalue weighted by atomic mass is 16.6. The van der Waals surface area contributed by atoms with Gasteiger partial charge < -0.3 is 15.0 Å². The van der Waals surface area contributed by atoms with E-state index in [1.807, 2.05) is 20.8 Å². The number of rotatable bonds is 0. The van der Waals surface area contributed by atoms with Crippen molar-refractivity contribution < 1.29 is 14.3 Å². The Morgan fingerprint density at radius 2 is 2.18 bits per heavy atom.